The third kappa shape index (κ3) is 3.55. The fraction of sp³-hybridized carbons (Fsp3) is 0.647. The zero-order valence-corrected chi connectivity index (χ0v) is 13.7. The van der Waals surface area contributed by atoms with Gasteiger partial charge in [-0.25, -0.2) is 0 Å². The van der Waals surface area contributed by atoms with Gasteiger partial charge in [0.15, 0.2) is 0 Å². The minimum Gasteiger partial charge on any atom is -0.497 e. The third-order valence-electron chi connectivity index (χ3n) is 4.66. The molecule has 2 saturated heterocycles. The monoisotopic (exact) mass is 307 g/mol. The molecule has 0 amide bonds. The van der Waals surface area contributed by atoms with Crippen molar-refractivity contribution in [2.24, 2.45) is 0 Å². The summed E-state index contributed by atoms with van der Waals surface area (Å²) in [5.41, 5.74) is 1.47. The molecule has 2 heterocycles. The summed E-state index contributed by atoms with van der Waals surface area (Å²) in [5.74, 6) is 3.34. The topological polar surface area (TPSA) is 30.5 Å². The van der Waals surface area contributed by atoms with Crippen molar-refractivity contribution in [3.05, 3.63) is 29.8 Å². The van der Waals surface area contributed by atoms with Gasteiger partial charge in [0.1, 0.15) is 5.75 Å². The lowest BCUT2D eigenvalue weighted by atomic mass is 9.89. The molecule has 116 valence electrons. The molecule has 0 saturated carbocycles. The summed E-state index contributed by atoms with van der Waals surface area (Å²) >= 11 is 2.03. The Bertz CT molecular complexity index is 456. The molecule has 21 heavy (non-hydrogen) atoms. The van der Waals surface area contributed by atoms with Crippen molar-refractivity contribution >= 4 is 11.8 Å². The molecule has 0 radical (unpaired) electrons. The van der Waals surface area contributed by atoms with E-state index in [-0.39, 0.29) is 5.60 Å². The maximum Gasteiger partial charge on any atom is 0.118 e. The van der Waals surface area contributed by atoms with Crippen molar-refractivity contribution in [3.63, 3.8) is 0 Å². The highest BCUT2D eigenvalue weighted by Crippen LogP contribution is 2.38. The van der Waals surface area contributed by atoms with Crippen LogP contribution in [-0.4, -0.2) is 36.9 Å². The summed E-state index contributed by atoms with van der Waals surface area (Å²) < 4.78 is 11.3. The Morgan fingerprint density at radius 3 is 2.86 bits per heavy atom. The van der Waals surface area contributed by atoms with E-state index < -0.39 is 0 Å². The number of nitrogens with one attached hydrogen (secondary N) is 1. The van der Waals surface area contributed by atoms with Gasteiger partial charge in [-0.1, -0.05) is 12.1 Å². The van der Waals surface area contributed by atoms with Crippen LogP contribution in [-0.2, 0) is 4.74 Å². The van der Waals surface area contributed by atoms with Gasteiger partial charge in [0.2, 0.25) is 0 Å². The molecule has 2 aliphatic rings. The molecule has 1 aromatic rings. The van der Waals surface area contributed by atoms with Gasteiger partial charge in [-0.15, -0.1) is 0 Å². The van der Waals surface area contributed by atoms with Gasteiger partial charge >= 0.3 is 0 Å². The highest BCUT2D eigenvalue weighted by molar-refractivity contribution is 7.99. The fourth-order valence-corrected chi connectivity index (χ4v) is 4.75. The molecule has 3 atom stereocenters. The number of ether oxygens (including phenoxy) is 2. The first kappa shape index (κ1) is 15.2. The SMILES string of the molecule is COc1ccc([C@H](C)NC2CCOC3(CCSC3)C2)cc1. The zero-order chi connectivity index (χ0) is 14.7. The van der Waals surface area contributed by atoms with Crippen LogP contribution in [0.5, 0.6) is 5.75 Å². The highest BCUT2D eigenvalue weighted by Gasteiger charge is 2.40. The Balaban J connectivity index is 1.59. The number of hydrogen-bond acceptors (Lipinski definition) is 4. The fourth-order valence-electron chi connectivity index (χ4n) is 3.38. The van der Waals surface area contributed by atoms with Gasteiger partial charge in [-0.3, -0.25) is 0 Å². The second-order valence-corrected chi connectivity index (χ2v) is 7.29. The third-order valence-corrected chi connectivity index (χ3v) is 5.88. The molecule has 1 aromatic carbocycles. The highest BCUT2D eigenvalue weighted by atomic mass is 32.2. The Morgan fingerprint density at radius 1 is 1.38 bits per heavy atom. The first-order valence-electron chi connectivity index (χ1n) is 7.82. The molecule has 2 aliphatic heterocycles. The van der Waals surface area contributed by atoms with Crippen LogP contribution in [0.3, 0.4) is 0 Å². The Labute approximate surface area is 131 Å². The number of rotatable bonds is 4. The molecule has 1 spiro atoms. The van der Waals surface area contributed by atoms with Crippen LogP contribution in [0.4, 0.5) is 0 Å². The maximum atomic E-state index is 6.10. The van der Waals surface area contributed by atoms with E-state index in [9.17, 15) is 0 Å². The van der Waals surface area contributed by atoms with Gasteiger partial charge in [-0.05, 0) is 49.6 Å². The molecule has 0 bridgehead atoms. The van der Waals surface area contributed by atoms with E-state index in [2.05, 4.69) is 24.4 Å². The lowest BCUT2D eigenvalue weighted by molar-refractivity contribution is -0.0711. The van der Waals surface area contributed by atoms with E-state index in [1.807, 2.05) is 23.9 Å². The molecule has 3 nitrogen and oxygen atoms in total. The van der Waals surface area contributed by atoms with Crippen molar-refractivity contribution in [2.75, 3.05) is 25.2 Å². The first-order chi connectivity index (χ1) is 10.2. The van der Waals surface area contributed by atoms with Crippen LogP contribution in [0.15, 0.2) is 24.3 Å². The standard InChI is InChI=1S/C17H25NO2S/c1-13(14-3-5-16(19-2)6-4-14)18-15-7-9-20-17(11-15)8-10-21-12-17/h3-6,13,15,18H,7-12H2,1-2H3/t13-,15?,17?/m0/s1. The largest absolute Gasteiger partial charge is 0.497 e. The van der Waals surface area contributed by atoms with E-state index in [1.54, 1.807) is 7.11 Å². The minimum absolute atomic E-state index is 0.153. The van der Waals surface area contributed by atoms with Crippen molar-refractivity contribution in [2.45, 2.75) is 43.9 Å². The smallest absolute Gasteiger partial charge is 0.118 e. The number of hydrogen-bond donors (Lipinski definition) is 1. The van der Waals surface area contributed by atoms with E-state index in [0.29, 0.717) is 12.1 Å². The van der Waals surface area contributed by atoms with Crippen LogP contribution in [0.25, 0.3) is 0 Å². The van der Waals surface area contributed by atoms with E-state index in [0.717, 1.165) is 25.2 Å². The van der Waals surface area contributed by atoms with Crippen LogP contribution < -0.4 is 10.1 Å². The quantitative estimate of drug-likeness (QED) is 0.923. The summed E-state index contributed by atoms with van der Waals surface area (Å²) in [6.45, 7) is 3.14. The number of benzene rings is 1. The molecule has 2 unspecified atom stereocenters. The average molecular weight is 307 g/mol. The van der Waals surface area contributed by atoms with E-state index >= 15 is 0 Å². The van der Waals surface area contributed by atoms with Crippen molar-refractivity contribution in [1.82, 2.24) is 5.32 Å². The van der Waals surface area contributed by atoms with Gasteiger partial charge in [0.05, 0.1) is 12.7 Å². The zero-order valence-electron chi connectivity index (χ0n) is 12.9. The van der Waals surface area contributed by atoms with Crippen LogP contribution >= 0.6 is 11.8 Å². The second-order valence-electron chi connectivity index (χ2n) is 6.19. The molecule has 0 aliphatic carbocycles. The summed E-state index contributed by atoms with van der Waals surface area (Å²) in [4.78, 5) is 0. The van der Waals surface area contributed by atoms with Gasteiger partial charge < -0.3 is 14.8 Å². The summed E-state index contributed by atoms with van der Waals surface area (Å²) in [5, 5.41) is 3.79. The van der Waals surface area contributed by atoms with Crippen LogP contribution in [0.2, 0.25) is 0 Å². The lowest BCUT2D eigenvalue weighted by Crippen LogP contribution is -2.47. The predicted octanol–water partition coefficient (Wildman–Crippen LogP) is 3.40. The van der Waals surface area contributed by atoms with Crippen LogP contribution in [0.1, 0.15) is 37.8 Å². The van der Waals surface area contributed by atoms with Gasteiger partial charge in [0, 0.05) is 24.4 Å². The van der Waals surface area contributed by atoms with Gasteiger partial charge in [-0.2, -0.15) is 11.8 Å². The Hall–Kier alpha value is -0.710. The first-order valence-corrected chi connectivity index (χ1v) is 8.98. The lowest BCUT2D eigenvalue weighted by Gasteiger charge is -2.39. The Kier molecular flexibility index (Phi) is 4.77. The molecule has 0 aromatic heterocycles. The average Bonchev–Trinajstić information content (AvgIpc) is 2.95. The van der Waals surface area contributed by atoms with Gasteiger partial charge in [0.25, 0.3) is 0 Å². The molecule has 2 fully saturated rings. The molecule has 4 heteroatoms. The summed E-state index contributed by atoms with van der Waals surface area (Å²) in [6, 6.07) is 9.30. The van der Waals surface area contributed by atoms with Crippen LogP contribution in [0, 0.1) is 0 Å². The predicted molar refractivity (Wildman–Crippen MR) is 88.2 cm³/mol. The summed E-state index contributed by atoms with van der Waals surface area (Å²) in [6.07, 6.45) is 3.49. The van der Waals surface area contributed by atoms with Crippen molar-refractivity contribution in [1.29, 1.82) is 0 Å². The summed E-state index contributed by atoms with van der Waals surface area (Å²) in [7, 11) is 1.71. The molecular formula is C17H25NO2S. The minimum atomic E-state index is 0.153. The van der Waals surface area contributed by atoms with E-state index in [1.165, 1.54) is 23.5 Å². The van der Waals surface area contributed by atoms with E-state index in [4.69, 9.17) is 9.47 Å². The molecule has 1 N–H and O–H groups in total. The number of methoxy groups -OCH3 is 1. The van der Waals surface area contributed by atoms with Crippen molar-refractivity contribution < 1.29 is 9.47 Å². The molecular weight excluding hydrogens is 282 g/mol. The molecule has 3 rings (SSSR count). The normalized spacial score (nSPS) is 30.5. The maximum absolute atomic E-state index is 6.10. The number of thioether (sulfide) groups is 1. The second kappa shape index (κ2) is 6.59. The van der Waals surface area contributed by atoms with Crippen molar-refractivity contribution in [3.8, 4) is 5.75 Å². The Morgan fingerprint density at radius 2 is 2.19 bits per heavy atom.